The highest BCUT2D eigenvalue weighted by Crippen LogP contribution is 2.37. The molecule has 8 heteroatoms. The van der Waals surface area contributed by atoms with Crippen molar-refractivity contribution in [2.75, 3.05) is 0 Å². The third-order valence-electron chi connectivity index (χ3n) is 1.93. The van der Waals surface area contributed by atoms with Crippen LogP contribution in [0.25, 0.3) is 0 Å². The Morgan fingerprint density at radius 1 is 1.06 bits per heavy atom. The van der Waals surface area contributed by atoms with E-state index in [-0.39, 0.29) is 0 Å². The molecule has 0 atom stereocenters. The SMILES string of the molecule is C/C=C\C(C)(C)C(=O)OC(C(F)(F)F)C(F)(F)F. The molecule has 0 aromatic carbocycles. The van der Waals surface area contributed by atoms with Gasteiger partial charge in [-0.05, 0) is 20.8 Å². The van der Waals surface area contributed by atoms with Crippen LogP contribution in [0, 0.1) is 5.41 Å². The number of hydrogen-bond donors (Lipinski definition) is 0. The highest BCUT2D eigenvalue weighted by molar-refractivity contribution is 5.78. The minimum Gasteiger partial charge on any atom is -0.442 e. The molecule has 0 saturated heterocycles. The fourth-order valence-electron chi connectivity index (χ4n) is 1.06. The second kappa shape index (κ2) is 5.19. The molecular weight excluding hydrogens is 266 g/mol. The summed E-state index contributed by atoms with van der Waals surface area (Å²) in [6, 6.07) is 0. The lowest BCUT2D eigenvalue weighted by Crippen LogP contribution is -2.47. The van der Waals surface area contributed by atoms with Gasteiger partial charge in [-0.1, -0.05) is 12.2 Å². The third-order valence-corrected chi connectivity index (χ3v) is 1.93. The van der Waals surface area contributed by atoms with E-state index >= 15 is 0 Å². The number of halogens is 6. The maximum Gasteiger partial charge on any atom is 0.434 e. The highest BCUT2D eigenvalue weighted by Gasteiger charge is 2.60. The molecule has 0 spiro atoms. The van der Waals surface area contributed by atoms with E-state index in [2.05, 4.69) is 4.74 Å². The van der Waals surface area contributed by atoms with E-state index in [0.29, 0.717) is 0 Å². The molecule has 0 aliphatic carbocycles. The van der Waals surface area contributed by atoms with Crippen LogP contribution in [0.2, 0.25) is 0 Å². The quantitative estimate of drug-likeness (QED) is 0.447. The van der Waals surface area contributed by atoms with Crippen LogP contribution in [0.1, 0.15) is 20.8 Å². The summed E-state index contributed by atoms with van der Waals surface area (Å²) in [6.07, 6.45) is -13.0. The minimum absolute atomic E-state index is 1.15. The van der Waals surface area contributed by atoms with E-state index in [0.717, 1.165) is 19.9 Å². The van der Waals surface area contributed by atoms with Crippen LogP contribution in [-0.4, -0.2) is 24.4 Å². The van der Waals surface area contributed by atoms with Crippen molar-refractivity contribution in [3.8, 4) is 0 Å². The van der Waals surface area contributed by atoms with Crippen LogP contribution < -0.4 is 0 Å². The molecule has 0 unspecified atom stereocenters. The fourth-order valence-corrected chi connectivity index (χ4v) is 1.06. The van der Waals surface area contributed by atoms with Crippen molar-refractivity contribution in [3.05, 3.63) is 12.2 Å². The first-order valence-corrected chi connectivity index (χ1v) is 4.80. The van der Waals surface area contributed by atoms with Crippen LogP contribution in [0.5, 0.6) is 0 Å². The molecule has 0 saturated carbocycles. The molecule has 0 aliphatic rings. The van der Waals surface area contributed by atoms with Gasteiger partial charge >= 0.3 is 18.3 Å². The predicted octanol–water partition coefficient (Wildman–Crippen LogP) is 3.63. The average molecular weight is 278 g/mol. The molecule has 18 heavy (non-hydrogen) atoms. The zero-order valence-corrected chi connectivity index (χ0v) is 9.82. The fraction of sp³-hybridized carbons (Fsp3) is 0.700. The van der Waals surface area contributed by atoms with E-state index < -0.39 is 29.8 Å². The molecule has 0 radical (unpaired) electrons. The topological polar surface area (TPSA) is 26.3 Å². The van der Waals surface area contributed by atoms with Gasteiger partial charge in [-0.2, -0.15) is 26.3 Å². The van der Waals surface area contributed by atoms with Crippen molar-refractivity contribution < 1.29 is 35.9 Å². The van der Waals surface area contributed by atoms with E-state index in [1.807, 2.05) is 0 Å². The molecule has 0 fully saturated rings. The highest BCUT2D eigenvalue weighted by atomic mass is 19.4. The van der Waals surface area contributed by atoms with Gasteiger partial charge in [0.1, 0.15) is 0 Å². The maximum atomic E-state index is 12.1. The molecule has 0 aromatic heterocycles. The Labute approximate surface area is 99.6 Å². The average Bonchev–Trinajstić information content (AvgIpc) is 2.09. The lowest BCUT2D eigenvalue weighted by Gasteiger charge is -2.26. The number of allylic oxidation sites excluding steroid dienone is 1. The number of esters is 1. The predicted molar refractivity (Wildman–Crippen MR) is 50.6 cm³/mol. The van der Waals surface area contributed by atoms with Crippen molar-refractivity contribution in [2.24, 2.45) is 5.41 Å². The normalized spacial score (nSPS) is 14.3. The largest absolute Gasteiger partial charge is 0.442 e. The van der Waals surface area contributed by atoms with E-state index in [1.165, 1.54) is 13.0 Å². The summed E-state index contributed by atoms with van der Waals surface area (Å²) in [6.45, 7) is 3.78. The van der Waals surface area contributed by atoms with Gasteiger partial charge in [-0.15, -0.1) is 0 Å². The Hall–Kier alpha value is -1.21. The molecule has 0 aliphatic heterocycles. The number of carbonyl (C=O) groups is 1. The smallest absolute Gasteiger partial charge is 0.434 e. The van der Waals surface area contributed by atoms with Crippen LogP contribution in [0.3, 0.4) is 0 Å². The number of alkyl halides is 6. The second-order valence-electron chi connectivity index (χ2n) is 4.09. The van der Waals surface area contributed by atoms with E-state index in [9.17, 15) is 31.1 Å². The van der Waals surface area contributed by atoms with Crippen LogP contribution in [-0.2, 0) is 9.53 Å². The molecule has 0 amide bonds. The molecule has 0 rings (SSSR count). The maximum absolute atomic E-state index is 12.1. The van der Waals surface area contributed by atoms with Crippen LogP contribution >= 0.6 is 0 Å². The molecule has 0 heterocycles. The first kappa shape index (κ1) is 16.8. The molecule has 0 aromatic rings. The summed E-state index contributed by atoms with van der Waals surface area (Å²) in [4.78, 5) is 11.3. The Morgan fingerprint density at radius 3 is 1.72 bits per heavy atom. The summed E-state index contributed by atoms with van der Waals surface area (Å²) >= 11 is 0. The van der Waals surface area contributed by atoms with Gasteiger partial charge in [0, 0.05) is 0 Å². The summed E-state index contributed by atoms with van der Waals surface area (Å²) in [5.41, 5.74) is -1.57. The molecule has 0 N–H and O–H groups in total. The summed E-state index contributed by atoms with van der Waals surface area (Å²) in [7, 11) is 0. The molecule has 0 bridgehead atoms. The van der Waals surface area contributed by atoms with E-state index in [1.54, 1.807) is 0 Å². The first-order chi connectivity index (χ1) is 7.82. The van der Waals surface area contributed by atoms with Crippen LogP contribution in [0.15, 0.2) is 12.2 Å². The van der Waals surface area contributed by atoms with Gasteiger partial charge < -0.3 is 4.74 Å². The monoisotopic (exact) mass is 278 g/mol. The van der Waals surface area contributed by atoms with Crippen LogP contribution in [0.4, 0.5) is 26.3 Å². The zero-order valence-electron chi connectivity index (χ0n) is 9.82. The number of carbonyl (C=O) groups excluding carboxylic acids is 1. The van der Waals surface area contributed by atoms with Gasteiger partial charge in [0.25, 0.3) is 6.10 Å². The lowest BCUT2D eigenvalue weighted by molar-refractivity contribution is -0.314. The lowest BCUT2D eigenvalue weighted by atomic mass is 9.93. The zero-order chi connectivity index (χ0) is 14.8. The first-order valence-electron chi connectivity index (χ1n) is 4.80. The molecule has 2 nitrogen and oxygen atoms in total. The standard InChI is InChI=1S/C10H12F6O2/c1-4-5-8(2,3)7(17)18-6(9(11,12)13)10(14,15)16/h4-6H,1-3H3/b5-4-. The Bertz CT molecular complexity index is 312. The van der Waals surface area contributed by atoms with Crippen molar-refractivity contribution in [1.82, 2.24) is 0 Å². The second-order valence-corrected chi connectivity index (χ2v) is 4.09. The van der Waals surface area contributed by atoms with Gasteiger partial charge in [-0.25, -0.2) is 0 Å². The van der Waals surface area contributed by atoms with Crippen molar-refractivity contribution in [2.45, 2.75) is 39.2 Å². The van der Waals surface area contributed by atoms with Gasteiger partial charge in [-0.3, -0.25) is 4.79 Å². The summed E-state index contributed by atoms with van der Waals surface area (Å²) in [5.74, 6) is -1.60. The Morgan fingerprint density at radius 2 is 1.44 bits per heavy atom. The Balaban J connectivity index is 5.10. The van der Waals surface area contributed by atoms with Gasteiger partial charge in [0.15, 0.2) is 0 Å². The van der Waals surface area contributed by atoms with Crippen molar-refractivity contribution in [3.63, 3.8) is 0 Å². The third kappa shape index (κ3) is 4.58. The van der Waals surface area contributed by atoms with Gasteiger partial charge in [0.2, 0.25) is 0 Å². The van der Waals surface area contributed by atoms with Gasteiger partial charge in [0.05, 0.1) is 5.41 Å². The minimum atomic E-state index is -5.69. The van der Waals surface area contributed by atoms with E-state index in [4.69, 9.17) is 0 Å². The number of rotatable bonds is 3. The molecule has 106 valence electrons. The number of ether oxygens (including phenoxy) is 1. The molecular formula is C10H12F6O2. The number of hydrogen-bond acceptors (Lipinski definition) is 2. The van der Waals surface area contributed by atoms with Crippen molar-refractivity contribution in [1.29, 1.82) is 0 Å². The van der Waals surface area contributed by atoms with Crippen molar-refractivity contribution >= 4 is 5.97 Å². The Kier molecular flexibility index (Phi) is 4.84. The summed E-state index contributed by atoms with van der Waals surface area (Å²) in [5, 5.41) is 0. The summed E-state index contributed by atoms with van der Waals surface area (Å²) < 4.78 is 76.4.